The van der Waals surface area contributed by atoms with E-state index < -0.39 is 0 Å². The van der Waals surface area contributed by atoms with Gasteiger partial charge in [-0.1, -0.05) is 25.2 Å². The largest absolute Gasteiger partial charge is 0.476 e. The maximum Gasteiger partial charge on any atom is 0.234 e. The Balaban J connectivity index is 1.48. The molecule has 1 aliphatic heterocycles. The SMILES string of the molecule is CC#Cc1c(C)nc(Nc2ccc(N3CCNCC3)cc2)nc1OCC1CCCCC1. The van der Waals surface area contributed by atoms with Crippen molar-refractivity contribution in [2.24, 2.45) is 5.92 Å². The van der Waals surface area contributed by atoms with Crippen LogP contribution in [0.3, 0.4) is 0 Å². The van der Waals surface area contributed by atoms with Crippen LogP contribution in [0.2, 0.25) is 0 Å². The van der Waals surface area contributed by atoms with E-state index in [0.29, 0.717) is 24.4 Å². The zero-order chi connectivity index (χ0) is 21.5. The zero-order valence-electron chi connectivity index (χ0n) is 18.7. The van der Waals surface area contributed by atoms with Gasteiger partial charge in [0.15, 0.2) is 0 Å². The molecule has 0 radical (unpaired) electrons. The number of ether oxygens (including phenoxy) is 1. The Labute approximate surface area is 185 Å². The fourth-order valence-electron chi connectivity index (χ4n) is 4.33. The van der Waals surface area contributed by atoms with Gasteiger partial charge in [0.2, 0.25) is 11.8 Å². The lowest BCUT2D eigenvalue weighted by molar-refractivity contribution is 0.202. The monoisotopic (exact) mass is 419 g/mol. The van der Waals surface area contributed by atoms with Crippen molar-refractivity contribution in [1.29, 1.82) is 0 Å². The van der Waals surface area contributed by atoms with E-state index in [-0.39, 0.29) is 0 Å². The van der Waals surface area contributed by atoms with Crippen LogP contribution in [0.1, 0.15) is 50.3 Å². The molecule has 0 bridgehead atoms. The summed E-state index contributed by atoms with van der Waals surface area (Å²) in [5.41, 5.74) is 3.83. The average Bonchev–Trinajstić information content (AvgIpc) is 2.81. The Morgan fingerprint density at radius 3 is 2.55 bits per heavy atom. The van der Waals surface area contributed by atoms with E-state index in [1.54, 1.807) is 0 Å². The smallest absolute Gasteiger partial charge is 0.234 e. The van der Waals surface area contributed by atoms with Gasteiger partial charge in [0.05, 0.1) is 12.3 Å². The molecule has 4 rings (SSSR count). The van der Waals surface area contributed by atoms with Crippen LogP contribution in [0, 0.1) is 24.7 Å². The summed E-state index contributed by atoms with van der Waals surface area (Å²) in [6.45, 7) is 8.64. The molecular formula is C25H33N5O. The maximum absolute atomic E-state index is 6.18. The molecule has 2 aromatic rings. The number of benzene rings is 1. The fourth-order valence-corrected chi connectivity index (χ4v) is 4.33. The van der Waals surface area contributed by atoms with Crippen molar-refractivity contribution < 1.29 is 4.74 Å². The highest BCUT2D eigenvalue weighted by molar-refractivity contribution is 5.60. The number of aryl methyl sites for hydroxylation is 1. The molecule has 2 aliphatic rings. The fraction of sp³-hybridized carbons (Fsp3) is 0.520. The van der Waals surface area contributed by atoms with Crippen LogP contribution in [-0.4, -0.2) is 42.8 Å². The molecule has 2 N–H and O–H groups in total. The molecule has 0 amide bonds. The molecule has 1 aliphatic carbocycles. The maximum atomic E-state index is 6.18. The number of rotatable bonds is 6. The molecular weight excluding hydrogens is 386 g/mol. The normalized spacial score (nSPS) is 17.0. The van der Waals surface area contributed by atoms with Gasteiger partial charge in [-0.15, -0.1) is 5.92 Å². The molecule has 0 spiro atoms. The van der Waals surface area contributed by atoms with E-state index in [0.717, 1.165) is 43.1 Å². The number of piperazine rings is 1. The van der Waals surface area contributed by atoms with Crippen molar-refractivity contribution in [3.05, 3.63) is 35.5 Å². The van der Waals surface area contributed by atoms with E-state index in [2.05, 4.69) is 61.6 Å². The summed E-state index contributed by atoms with van der Waals surface area (Å²) in [5, 5.41) is 6.73. The van der Waals surface area contributed by atoms with Crippen molar-refractivity contribution in [1.82, 2.24) is 15.3 Å². The van der Waals surface area contributed by atoms with Crippen molar-refractivity contribution in [2.75, 3.05) is 43.0 Å². The lowest BCUT2D eigenvalue weighted by Gasteiger charge is -2.29. The molecule has 1 aromatic heterocycles. The van der Waals surface area contributed by atoms with Gasteiger partial charge in [0.1, 0.15) is 5.56 Å². The van der Waals surface area contributed by atoms with E-state index >= 15 is 0 Å². The highest BCUT2D eigenvalue weighted by atomic mass is 16.5. The number of hydrogen-bond acceptors (Lipinski definition) is 6. The molecule has 0 unspecified atom stereocenters. The lowest BCUT2D eigenvalue weighted by atomic mass is 9.90. The average molecular weight is 420 g/mol. The van der Waals surface area contributed by atoms with Gasteiger partial charge < -0.3 is 20.3 Å². The van der Waals surface area contributed by atoms with Crippen LogP contribution in [0.4, 0.5) is 17.3 Å². The molecule has 1 aromatic carbocycles. The minimum absolute atomic E-state index is 0.549. The van der Waals surface area contributed by atoms with Gasteiger partial charge in [-0.3, -0.25) is 0 Å². The first-order valence-corrected chi connectivity index (χ1v) is 11.5. The van der Waals surface area contributed by atoms with Crippen LogP contribution >= 0.6 is 0 Å². The van der Waals surface area contributed by atoms with Crippen molar-refractivity contribution in [2.45, 2.75) is 46.0 Å². The Hall–Kier alpha value is -2.78. The Kier molecular flexibility index (Phi) is 7.26. The van der Waals surface area contributed by atoms with Gasteiger partial charge in [-0.25, -0.2) is 4.98 Å². The Morgan fingerprint density at radius 1 is 1.10 bits per heavy atom. The summed E-state index contributed by atoms with van der Waals surface area (Å²) in [6.07, 6.45) is 6.42. The second-order valence-corrected chi connectivity index (χ2v) is 8.41. The second kappa shape index (κ2) is 10.5. The highest BCUT2D eigenvalue weighted by Crippen LogP contribution is 2.27. The molecule has 164 valence electrons. The van der Waals surface area contributed by atoms with Crippen LogP contribution < -0.4 is 20.3 Å². The standard InChI is InChI=1S/C25H33N5O/c1-3-7-23-19(2)27-25(29-24(23)31-18-20-8-5-4-6-9-20)28-21-10-12-22(13-11-21)30-16-14-26-15-17-30/h10-13,20,26H,4-6,8-9,14-18H2,1-2H3,(H,27,28,29). The molecule has 6 nitrogen and oxygen atoms in total. The second-order valence-electron chi connectivity index (χ2n) is 8.41. The van der Waals surface area contributed by atoms with Gasteiger partial charge in [-0.2, -0.15) is 4.98 Å². The molecule has 1 saturated carbocycles. The van der Waals surface area contributed by atoms with E-state index in [9.17, 15) is 0 Å². The third-order valence-electron chi connectivity index (χ3n) is 6.09. The minimum atomic E-state index is 0.549. The highest BCUT2D eigenvalue weighted by Gasteiger charge is 2.17. The van der Waals surface area contributed by atoms with Crippen LogP contribution in [0.25, 0.3) is 0 Å². The Morgan fingerprint density at radius 2 is 1.84 bits per heavy atom. The van der Waals surface area contributed by atoms with E-state index in [4.69, 9.17) is 4.74 Å². The zero-order valence-corrected chi connectivity index (χ0v) is 18.7. The third-order valence-corrected chi connectivity index (χ3v) is 6.09. The van der Waals surface area contributed by atoms with Crippen molar-refractivity contribution >= 4 is 17.3 Å². The van der Waals surface area contributed by atoms with E-state index in [1.807, 2.05) is 13.8 Å². The van der Waals surface area contributed by atoms with Gasteiger partial charge >= 0.3 is 0 Å². The summed E-state index contributed by atoms with van der Waals surface area (Å²) < 4.78 is 6.18. The molecule has 2 fully saturated rings. The summed E-state index contributed by atoms with van der Waals surface area (Å²) in [5.74, 6) is 7.85. The van der Waals surface area contributed by atoms with Gasteiger partial charge in [-0.05, 0) is 56.9 Å². The van der Waals surface area contributed by atoms with Gasteiger partial charge in [0, 0.05) is 37.6 Å². The van der Waals surface area contributed by atoms with Crippen molar-refractivity contribution in [3.63, 3.8) is 0 Å². The molecule has 31 heavy (non-hydrogen) atoms. The number of hydrogen-bond donors (Lipinski definition) is 2. The number of aromatic nitrogens is 2. The third kappa shape index (κ3) is 5.68. The Bertz CT molecular complexity index is 919. The lowest BCUT2D eigenvalue weighted by Crippen LogP contribution is -2.43. The first-order valence-electron chi connectivity index (χ1n) is 11.5. The molecule has 1 saturated heterocycles. The van der Waals surface area contributed by atoms with Crippen LogP contribution in [0.15, 0.2) is 24.3 Å². The quantitative estimate of drug-likeness (QED) is 0.682. The van der Waals surface area contributed by atoms with Crippen LogP contribution in [-0.2, 0) is 0 Å². The molecule has 6 heteroatoms. The number of nitrogens with one attached hydrogen (secondary N) is 2. The van der Waals surface area contributed by atoms with Crippen molar-refractivity contribution in [3.8, 4) is 17.7 Å². The predicted octanol–water partition coefficient (Wildman–Crippen LogP) is 4.27. The summed E-state index contributed by atoms with van der Waals surface area (Å²) in [4.78, 5) is 11.7. The minimum Gasteiger partial charge on any atom is -0.476 e. The number of nitrogens with zero attached hydrogens (tertiary/aromatic N) is 3. The predicted molar refractivity (Wildman–Crippen MR) is 126 cm³/mol. The summed E-state index contributed by atoms with van der Waals surface area (Å²) >= 11 is 0. The molecule has 0 atom stereocenters. The first-order chi connectivity index (χ1) is 15.2. The number of anilines is 3. The van der Waals surface area contributed by atoms with Gasteiger partial charge in [0.25, 0.3) is 0 Å². The van der Waals surface area contributed by atoms with Crippen LogP contribution in [0.5, 0.6) is 5.88 Å². The molecule has 2 heterocycles. The topological polar surface area (TPSA) is 62.3 Å². The van der Waals surface area contributed by atoms with E-state index in [1.165, 1.54) is 37.8 Å². The summed E-state index contributed by atoms with van der Waals surface area (Å²) in [6, 6.07) is 8.46. The first kappa shape index (κ1) is 21.5. The summed E-state index contributed by atoms with van der Waals surface area (Å²) in [7, 11) is 0.